The number of methoxy groups -OCH3 is 1. The highest BCUT2D eigenvalue weighted by Crippen LogP contribution is 2.15. The van der Waals surface area contributed by atoms with E-state index >= 15 is 0 Å². The number of hydrogen-bond acceptors (Lipinski definition) is 5. The van der Waals surface area contributed by atoms with E-state index in [4.69, 9.17) is 4.74 Å². The Balaban J connectivity index is 2.10. The Morgan fingerprint density at radius 3 is 2.32 bits per heavy atom. The summed E-state index contributed by atoms with van der Waals surface area (Å²) in [5.74, 6) is -1.20. The molecular formula is C17H25N5O3. The number of Topliss-reactive ketones (excluding diaryl/α,β-unsaturated/α-hetero) is 1. The highest BCUT2D eigenvalue weighted by atomic mass is 16.5. The molecule has 0 aliphatic rings. The number of nitrogens with one attached hydrogen (secondary N) is 1. The van der Waals surface area contributed by atoms with Crippen molar-refractivity contribution in [2.45, 2.75) is 40.8 Å². The molecule has 0 unspecified atom stereocenters. The van der Waals surface area contributed by atoms with Crippen LogP contribution in [0.5, 0.6) is 0 Å². The second kappa shape index (κ2) is 7.60. The standard InChI is InChI=1S/C17H25N5O3/c1-10-14(12(3)22(20-10)7-8-25-6)9-18-17(24)16(23)15-11(2)19-21(5)13(15)4/h7-9H2,1-6H3,(H,18,24). The monoisotopic (exact) mass is 347 g/mol. The highest BCUT2D eigenvalue weighted by molar-refractivity contribution is 6.43. The Kier molecular flexibility index (Phi) is 5.73. The average molecular weight is 347 g/mol. The molecule has 8 nitrogen and oxygen atoms in total. The van der Waals surface area contributed by atoms with Crippen molar-refractivity contribution in [2.75, 3.05) is 13.7 Å². The van der Waals surface area contributed by atoms with Gasteiger partial charge in [0.05, 0.1) is 30.1 Å². The summed E-state index contributed by atoms with van der Waals surface area (Å²) >= 11 is 0. The molecule has 25 heavy (non-hydrogen) atoms. The quantitative estimate of drug-likeness (QED) is 0.596. The van der Waals surface area contributed by atoms with E-state index in [-0.39, 0.29) is 6.54 Å². The summed E-state index contributed by atoms with van der Waals surface area (Å²) in [6.45, 7) is 8.78. The van der Waals surface area contributed by atoms with E-state index in [1.165, 1.54) is 0 Å². The fraction of sp³-hybridized carbons (Fsp3) is 0.529. The Morgan fingerprint density at radius 2 is 1.76 bits per heavy atom. The van der Waals surface area contributed by atoms with Gasteiger partial charge in [-0.3, -0.25) is 19.0 Å². The molecule has 8 heteroatoms. The number of carbonyl (C=O) groups excluding carboxylic acids is 2. The molecule has 2 aromatic heterocycles. The van der Waals surface area contributed by atoms with Gasteiger partial charge in [-0.25, -0.2) is 0 Å². The van der Waals surface area contributed by atoms with Crippen LogP contribution in [0.3, 0.4) is 0 Å². The maximum Gasteiger partial charge on any atom is 0.292 e. The second-order valence-electron chi connectivity index (χ2n) is 6.05. The minimum Gasteiger partial charge on any atom is -0.383 e. The number of carbonyl (C=O) groups is 2. The lowest BCUT2D eigenvalue weighted by molar-refractivity contribution is -0.117. The van der Waals surface area contributed by atoms with Crippen LogP contribution in [-0.2, 0) is 29.7 Å². The summed E-state index contributed by atoms with van der Waals surface area (Å²) in [5, 5.41) is 11.3. The SMILES string of the molecule is COCCn1nc(C)c(CNC(=O)C(=O)c2c(C)nn(C)c2C)c1C. The number of ketones is 1. The topological polar surface area (TPSA) is 91.0 Å². The molecule has 0 atom stereocenters. The number of hydrogen-bond donors (Lipinski definition) is 1. The molecule has 2 heterocycles. The summed E-state index contributed by atoms with van der Waals surface area (Å²) in [5.41, 5.74) is 4.30. The Morgan fingerprint density at radius 1 is 1.08 bits per heavy atom. The van der Waals surface area contributed by atoms with Gasteiger partial charge >= 0.3 is 0 Å². The molecule has 136 valence electrons. The maximum absolute atomic E-state index is 12.4. The minimum atomic E-state index is -0.636. The van der Waals surface area contributed by atoms with Crippen molar-refractivity contribution in [2.24, 2.45) is 7.05 Å². The van der Waals surface area contributed by atoms with E-state index in [0.29, 0.717) is 30.1 Å². The summed E-state index contributed by atoms with van der Waals surface area (Å²) < 4.78 is 8.52. The van der Waals surface area contributed by atoms with Crippen molar-refractivity contribution in [3.63, 3.8) is 0 Å². The van der Waals surface area contributed by atoms with Crippen LogP contribution in [0, 0.1) is 27.7 Å². The van der Waals surface area contributed by atoms with Crippen molar-refractivity contribution in [3.05, 3.63) is 33.9 Å². The lowest BCUT2D eigenvalue weighted by Crippen LogP contribution is -2.31. The molecule has 0 aliphatic carbocycles. The van der Waals surface area contributed by atoms with Gasteiger partial charge in [-0.15, -0.1) is 0 Å². The van der Waals surface area contributed by atoms with Gasteiger partial charge in [0.15, 0.2) is 0 Å². The Labute approximate surface area is 147 Å². The Hall–Kier alpha value is -2.48. The van der Waals surface area contributed by atoms with Crippen LogP contribution in [0.2, 0.25) is 0 Å². The van der Waals surface area contributed by atoms with Gasteiger partial charge < -0.3 is 10.1 Å². The van der Waals surface area contributed by atoms with Crippen LogP contribution < -0.4 is 5.32 Å². The molecule has 0 saturated carbocycles. The number of aryl methyl sites for hydroxylation is 3. The van der Waals surface area contributed by atoms with Crippen molar-refractivity contribution < 1.29 is 14.3 Å². The first-order valence-corrected chi connectivity index (χ1v) is 8.12. The van der Waals surface area contributed by atoms with Crippen LogP contribution in [0.15, 0.2) is 0 Å². The number of nitrogens with zero attached hydrogens (tertiary/aromatic N) is 4. The van der Waals surface area contributed by atoms with Gasteiger partial charge in [0.2, 0.25) is 0 Å². The molecule has 0 radical (unpaired) electrons. The predicted octanol–water partition coefficient (Wildman–Crippen LogP) is 0.996. The first kappa shape index (κ1) is 18.9. The zero-order chi connectivity index (χ0) is 18.7. The zero-order valence-electron chi connectivity index (χ0n) is 15.6. The van der Waals surface area contributed by atoms with Gasteiger partial charge in [-0.2, -0.15) is 10.2 Å². The molecule has 2 rings (SSSR count). The van der Waals surface area contributed by atoms with Crippen molar-refractivity contribution >= 4 is 11.7 Å². The molecule has 1 amide bonds. The normalized spacial score (nSPS) is 11.0. The number of ether oxygens (including phenoxy) is 1. The van der Waals surface area contributed by atoms with E-state index in [0.717, 1.165) is 17.0 Å². The molecule has 0 saturated heterocycles. The average Bonchev–Trinajstić information content (AvgIpc) is 2.98. The molecule has 0 aromatic carbocycles. The summed E-state index contributed by atoms with van der Waals surface area (Å²) in [6, 6.07) is 0. The van der Waals surface area contributed by atoms with Gasteiger partial charge in [0.25, 0.3) is 11.7 Å². The van der Waals surface area contributed by atoms with Crippen LogP contribution in [0.1, 0.15) is 38.7 Å². The fourth-order valence-electron chi connectivity index (χ4n) is 2.85. The van der Waals surface area contributed by atoms with E-state index in [2.05, 4.69) is 15.5 Å². The third kappa shape index (κ3) is 3.79. The molecule has 0 spiro atoms. The molecule has 0 aliphatic heterocycles. The summed E-state index contributed by atoms with van der Waals surface area (Å²) in [6.07, 6.45) is 0. The van der Waals surface area contributed by atoms with Crippen LogP contribution >= 0.6 is 0 Å². The maximum atomic E-state index is 12.4. The third-order valence-electron chi connectivity index (χ3n) is 4.41. The largest absolute Gasteiger partial charge is 0.383 e. The molecule has 0 bridgehead atoms. The lowest BCUT2D eigenvalue weighted by Gasteiger charge is -2.07. The predicted molar refractivity (Wildman–Crippen MR) is 92.4 cm³/mol. The van der Waals surface area contributed by atoms with Crippen molar-refractivity contribution in [1.29, 1.82) is 0 Å². The molecule has 1 N–H and O–H groups in total. The van der Waals surface area contributed by atoms with Gasteiger partial charge in [-0.1, -0.05) is 0 Å². The molecule has 2 aromatic rings. The van der Waals surface area contributed by atoms with Crippen molar-refractivity contribution in [3.8, 4) is 0 Å². The fourth-order valence-corrected chi connectivity index (χ4v) is 2.85. The minimum absolute atomic E-state index is 0.258. The van der Waals surface area contributed by atoms with Gasteiger partial charge in [0.1, 0.15) is 0 Å². The smallest absolute Gasteiger partial charge is 0.292 e. The number of aromatic nitrogens is 4. The third-order valence-corrected chi connectivity index (χ3v) is 4.41. The van der Waals surface area contributed by atoms with E-state index in [9.17, 15) is 9.59 Å². The highest BCUT2D eigenvalue weighted by Gasteiger charge is 2.24. The van der Waals surface area contributed by atoms with Crippen molar-refractivity contribution in [1.82, 2.24) is 24.9 Å². The van der Waals surface area contributed by atoms with Gasteiger partial charge in [0, 0.05) is 37.7 Å². The first-order valence-electron chi connectivity index (χ1n) is 8.12. The van der Waals surface area contributed by atoms with Gasteiger partial charge in [-0.05, 0) is 27.7 Å². The van der Waals surface area contributed by atoms with E-state index in [1.807, 2.05) is 18.5 Å². The van der Waals surface area contributed by atoms with Crippen LogP contribution in [-0.4, -0.2) is 45.0 Å². The molecule has 0 fully saturated rings. The summed E-state index contributed by atoms with van der Waals surface area (Å²) in [7, 11) is 3.39. The lowest BCUT2D eigenvalue weighted by atomic mass is 10.1. The van der Waals surface area contributed by atoms with E-state index in [1.54, 1.807) is 32.7 Å². The van der Waals surface area contributed by atoms with Crippen LogP contribution in [0.25, 0.3) is 0 Å². The van der Waals surface area contributed by atoms with Crippen LogP contribution in [0.4, 0.5) is 0 Å². The number of rotatable bonds is 7. The van der Waals surface area contributed by atoms with E-state index < -0.39 is 11.7 Å². The second-order valence-corrected chi connectivity index (χ2v) is 6.05. The number of amides is 1. The first-order chi connectivity index (χ1) is 11.8. The zero-order valence-corrected chi connectivity index (χ0v) is 15.6. The molecular weight excluding hydrogens is 322 g/mol. The Bertz CT molecular complexity index is 804. The summed E-state index contributed by atoms with van der Waals surface area (Å²) in [4.78, 5) is 24.7.